The minimum Gasteiger partial charge on any atom is -0.0885 e. The predicted octanol–water partition coefficient (Wildman–Crippen LogP) is 6.08. The molecule has 0 amide bonds. The quantitative estimate of drug-likeness (QED) is 0.278. The van der Waals surface area contributed by atoms with Crippen molar-refractivity contribution in [2.24, 2.45) is 0 Å². The van der Waals surface area contributed by atoms with Crippen molar-refractivity contribution < 1.29 is 0 Å². The van der Waals surface area contributed by atoms with E-state index in [1.54, 1.807) is 0 Å². The summed E-state index contributed by atoms with van der Waals surface area (Å²) in [4.78, 5) is 0. The molecule has 0 aliphatic rings. The van der Waals surface area contributed by atoms with Gasteiger partial charge in [-0.25, -0.2) is 0 Å². The lowest BCUT2D eigenvalue weighted by molar-refractivity contribution is 0.641. The van der Waals surface area contributed by atoms with E-state index >= 15 is 0 Å². The van der Waals surface area contributed by atoms with Crippen molar-refractivity contribution in [3.05, 3.63) is 18.6 Å². The molecule has 16 heavy (non-hydrogen) atoms. The molecule has 0 nitrogen and oxygen atoms in total. The first-order chi connectivity index (χ1) is 7.91. The second-order valence-electron chi connectivity index (χ2n) is 4.72. The van der Waals surface area contributed by atoms with Crippen molar-refractivity contribution in [3.63, 3.8) is 0 Å². The Morgan fingerprint density at radius 2 is 1.12 bits per heavy atom. The SMILES string of the molecule is C[CH]CCCCCC/C=C/CCCCCC. The van der Waals surface area contributed by atoms with Gasteiger partial charge in [0.25, 0.3) is 0 Å². The van der Waals surface area contributed by atoms with Crippen LogP contribution in [0.5, 0.6) is 0 Å². The van der Waals surface area contributed by atoms with E-state index in [0.717, 1.165) is 0 Å². The highest BCUT2D eigenvalue weighted by Gasteiger charge is 1.88. The third-order valence-corrected chi connectivity index (χ3v) is 3.00. The van der Waals surface area contributed by atoms with Gasteiger partial charge in [0, 0.05) is 0 Å². The summed E-state index contributed by atoms with van der Waals surface area (Å²) in [5, 5.41) is 0. The third kappa shape index (κ3) is 13.7. The molecule has 0 aromatic heterocycles. The summed E-state index contributed by atoms with van der Waals surface area (Å²) in [5.74, 6) is 0. The number of rotatable bonds is 12. The van der Waals surface area contributed by atoms with Gasteiger partial charge in [-0.15, -0.1) is 0 Å². The first kappa shape index (κ1) is 15.7. The van der Waals surface area contributed by atoms with Gasteiger partial charge in [0.15, 0.2) is 0 Å². The molecule has 0 rings (SSSR count). The fourth-order valence-electron chi connectivity index (χ4n) is 1.89. The maximum absolute atomic E-state index is 2.39. The fraction of sp³-hybridized carbons (Fsp3) is 0.812. The highest BCUT2D eigenvalue weighted by atomic mass is 13.9. The van der Waals surface area contributed by atoms with Crippen LogP contribution in [0.2, 0.25) is 0 Å². The Bertz CT molecular complexity index is 135. The minimum atomic E-state index is 1.30. The molecular weight excluding hydrogens is 192 g/mol. The first-order valence-corrected chi connectivity index (χ1v) is 7.34. The second kappa shape index (κ2) is 14.7. The zero-order valence-corrected chi connectivity index (χ0v) is 11.5. The predicted molar refractivity (Wildman–Crippen MR) is 75.6 cm³/mol. The van der Waals surface area contributed by atoms with Gasteiger partial charge in [-0.1, -0.05) is 70.9 Å². The topological polar surface area (TPSA) is 0 Å². The van der Waals surface area contributed by atoms with Gasteiger partial charge < -0.3 is 0 Å². The Labute approximate surface area is 104 Å². The molecule has 95 valence electrons. The summed E-state index contributed by atoms with van der Waals surface area (Å²) >= 11 is 0. The van der Waals surface area contributed by atoms with Crippen LogP contribution >= 0.6 is 0 Å². The van der Waals surface area contributed by atoms with Gasteiger partial charge >= 0.3 is 0 Å². The molecule has 0 aromatic carbocycles. The van der Waals surface area contributed by atoms with Gasteiger partial charge in [-0.3, -0.25) is 0 Å². The van der Waals surface area contributed by atoms with Crippen molar-refractivity contribution >= 4 is 0 Å². The zero-order chi connectivity index (χ0) is 11.9. The molecule has 0 aliphatic carbocycles. The van der Waals surface area contributed by atoms with Crippen LogP contribution in [-0.4, -0.2) is 0 Å². The Kier molecular flexibility index (Phi) is 14.5. The largest absolute Gasteiger partial charge is 0.0885 e. The van der Waals surface area contributed by atoms with Crippen LogP contribution in [0.3, 0.4) is 0 Å². The number of unbranched alkanes of at least 4 members (excludes halogenated alkanes) is 10. The normalized spacial score (nSPS) is 11.4. The lowest BCUT2D eigenvalue weighted by Crippen LogP contribution is -1.78. The van der Waals surface area contributed by atoms with Gasteiger partial charge in [-0.05, 0) is 32.1 Å². The lowest BCUT2D eigenvalue weighted by atomic mass is 10.1. The molecule has 0 heteroatoms. The van der Waals surface area contributed by atoms with E-state index in [9.17, 15) is 0 Å². The van der Waals surface area contributed by atoms with Crippen LogP contribution in [0.4, 0.5) is 0 Å². The molecule has 0 heterocycles. The van der Waals surface area contributed by atoms with Crippen molar-refractivity contribution in [2.75, 3.05) is 0 Å². The zero-order valence-electron chi connectivity index (χ0n) is 11.5. The standard InChI is InChI=1S/C16H31/c1-3-5-7-9-11-13-15-16-14-12-10-8-6-4-2/h3,14,16H,4-13,15H2,1-2H3/b16-14+. The molecular formula is C16H31. The first-order valence-electron chi connectivity index (χ1n) is 7.34. The number of hydrogen-bond acceptors (Lipinski definition) is 0. The van der Waals surface area contributed by atoms with Gasteiger partial charge in [-0.2, -0.15) is 0 Å². The highest BCUT2D eigenvalue weighted by molar-refractivity contribution is 4.81. The smallest absolute Gasteiger partial charge is 0.0351 e. The maximum atomic E-state index is 2.39. The molecule has 0 saturated heterocycles. The van der Waals surface area contributed by atoms with Crippen LogP contribution in [0.25, 0.3) is 0 Å². The van der Waals surface area contributed by atoms with Crippen molar-refractivity contribution in [1.29, 1.82) is 0 Å². The molecule has 0 aromatic rings. The van der Waals surface area contributed by atoms with Crippen LogP contribution in [0, 0.1) is 6.42 Å². The Morgan fingerprint density at radius 1 is 0.625 bits per heavy atom. The minimum absolute atomic E-state index is 1.30. The van der Waals surface area contributed by atoms with Crippen molar-refractivity contribution in [1.82, 2.24) is 0 Å². The summed E-state index contributed by atoms with van der Waals surface area (Å²) < 4.78 is 0. The Hall–Kier alpha value is -0.260. The average Bonchev–Trinajstić information content (AvgIpc) is 2.31. The second-order valence-corrected chi connectivity index (χ2v) is 4.72. The summed E-state index contributed by atoms with van der Waals surface area (Å²) in [6, 6.07) is 0. The van der Waals surface area contributed by atoms with Crippen molar-refractivity contribution in [2.45, 2.75) is 84.5 Å². The molecule has 0 N–H and O–H groups in total. The van der Waals surface area contributed by atoms with E-state index in [-0.39, 0.29) is 0 Å². The number of allylic oxidation sites excluding steroid dienone is 2. The monoisotopic (exact) mass is 223 g/mol. The summed E-state index contributed by atoms with van der Waals surface area (Å²) in [5.41, 5.74) is 0. The van der Waals surface area contributed by atoms with E-state index in [1.165, 1.54) is 70.6 Å². The van der Waals surface area contributed by atoms with E-state index in [0.29, 0.717) is 0 Å². The number of hydrogen-bond donors (Lipinski definition) is 0. The molecule has 0 atom stereocenters. The molecule has 0 unspecified atom stereocenters. The van der Waals surface area contributed by atoms with Crippen LogP contribution in [0.15, 0.2) is 12.2 Å². The van der Waals surface area contributed by atoms with Gasteiger partial charge in [0.05, 0.1) is 0 Å². The van der Waals surface area contributed by atoms with E-state index < -0.39 is 0 Å². The summed E-state index contributed by atoms with van der Waals surface area (Å²) in [6.07, 6.45) is 22.1. The molecule has 0 aliphatic heterocycles. The molecule has 0 spiro atoms. The summed E-state index contributed by atoms with van der Waals surface area (Å²) in [6.45, 7) is 4.42. The highest BCUT2D eigenvalue weighted by Crippen LogP contribution is 2.08. The average molecular weight is 223 g/mol. The van der Waals surface area contributed by atoms with Crippen LogP contribution < -0.4 is 0 Å². The van der Waals surface area contributed by atoms with E-state index in [2.05, 4.69) is 32.4 Å². The van der Waals surface area contributed by atoms with Gasteiger partial charge in [0.1, 0.15) is 0 Å². The fourth-order valence-corrected chi connectivity index (χ4v) is 1.89. The molecule has 0 fully saturated rings. The molecule has 0 saturated carbocycles. The Balaban J connectivity index is 2.98. The van der Waals surface area contributed by atoms with Gasteiger partial charge in [0.2, 0.25) is 0 Å². The van der Waals surface area contributed by atoms with Crippen LogP contribution in [0.1, 0.15) is 84.5 Å². The molecule has 1 radical (unpaired) electrons. The maximum Gasteiger partial charge on any atom is -0.0351 e. The van der Waals surface area contributed by atoms with E-state index in [1.807, 2.05) is 0 Å². The lowest BCUT2D eigenvalue weighted by Gasteiger charge is -1.97. The van der Waals surface area contributed by atoms with Crippen molar-refractivity contribution in [3.8, 4) is 0 Å². The third-order valence-electron chi connectivity index (χ3n) is 3.00. The molecule has 0 bridgehead atoms. The Morgan fingerprint density at radius 3 is 1.62 bits per heavy atom. The van der Waals surface area contributed by atoms with Crippen LogP contribution in [-0.2, 0) is 0 Å². The van der Waals surface area contributed by atoms with E-state index in [4.69, 9.17) is 0 Å². The summed E-state index contributed by atoms with van der Waals surface area (Å²) in [7, 11) is 0.